The van der Waals surface area contributed by atoms with Crippen molar-refractivity contribution in [2.24, 2.45) is 0 Å². The zero-order chi connectivity index (χ0) is 22.0. The Hall–Kier alpha value is -1.32. The molecule has 4 rings (SSSR count). The first-order valence-electron chi connectivity index (χ1n) is 10.4. The summed E-state index contributed by atoms with van der Waals surface area (Å²) in [6.07, 6.45) is 3.96. The maximum atomic E-state index is 12.7. The normalized spacial score (nSPS) is 16.3. The number of hydrogen-bond donors (Lipinski definition) is 1. The number of nitrogens with zero attached hydrogens (tertiary/aromatic N) is 1. The van der Waals surface area contributed by atoms with Gasteiger partial charge in [-0.25, -0.2) is 0 Å². The summed E-state index contributed by atoms with van der Waals surface area (Å²) in [4.78, 5) is 12.7. The van der Waals surface area contributed by atoms with Gasteiger partial charge in [0.25, 0.3) is 5.91 Å². The molecule has 5 nitrogen and oxygen atoms in total. The number of halogens is 3. The predicted octanol–water partition coefficient (Wildman–Crippen LogP) is 2.17. The number of fused-ring (bicyclic) bond motifs is 1. The Kier molecular flexibility index (Phi) is 8.49. The molecule has 0 spiro atoms. The van der Waals surface area contributed by atoms with Crippen molar-refractivity contribution in [2.45, 2.75) is 25.4 Å². The van der Waals surface area contributed by atoms with Crippen molar-refractivity contribution in [3.63, 3.8) is 0 Å². The second-order valence-corrected chi connectivity index (χ2v) is 9.54. The lowest BCUT2D eigenvalue weighted by molar-refractivity contribution is -0.929. The highest BCUT2D eigenvalue weighted by atomic mass is 127. The van der Waals surface area contributed by atoms with Gasteiger partial charge in [-0.15, -0.1) is 0 Å². The number of nitrogens with one attached hydrogen (secondary N) is 1. The van der Waals surface area contributed by atoms with Crippen LogP contribution in [0.3, 0.4) is 0 Å². The van der Waals surface area contributed by atoms with E-state index in [0.29, 0.717) is 33.0 Å². The molecule has 1 saturated heterocycles. The van der Waals surface area contributed by atoms with Gasteiger partial charge in [0.2, 0.25) is 0 Å². The van der Waals surface area contributed by atoms with Crippen molar-refractivity contribution in [3.8, 4) is 5.75 Å². The van der Waals surface area contributed by atoms with E-state index < -0.39 is 0 Å². The smallest absolute Gasteiger partial charge is 0.255 e. The highest BCUT2D eigenvalue weighted by Crippen LogP contribution is 2.36. The largest absolute Gasteiger partial charge is 1.00 e. The molecule has 0 aliphatic carbocycles. The number of ether oxygens (including phenoxy) is 2. The van der Waals surface area contributed by atoms with Crippen molar-refractivity contribution in [1.29, 1.82) is 0 Å². The van der Waals surface area contributed by atoms with Crippen LogP contribution < -0.4 is 34.0 Å². The zero-order valence-electron chi connectivity index (χ0n) is 18.2. The number of quaternary nitrogens is 1. The van der Waals surface area contributed by atoms with Gasteiger partial charge in [-0.2, -0.15) is 0 Å². The fraction of sp³-hybridized carbons (Fsp3) is 0.375. The fourth-order valence-electron chi connectivity index (χ4n) is 4.24. The Morgan fingerprint density at radius 1 is 1.12 bits per heavy atom. The summed E-state index contributed by atoms with van der Waals surface area (Å²) in [5.74, 6) is 0.352. The first kappa shape index (κ1) is 25.3. The molecule has 8 heteroatoms. The third kappa shape index (κ3) is 5.97. The number of rotatable bonds is 5. The minimum absolute atomic E-state index is 0. The average molecular weight is 589 g/mol. The van der Waals surface area contributed by atoms with Gasteiger partial charge in [0.05, 0.1) is 43.9 Å². The highest BCUT2D eigenvalue weighted by molar-refractivity contribution is 6.36. The van der Waals surface area contributed by atoms with Gasteiger partial charge in [-0.05, 0) is 30.3 Å². The Bertz CT molecular complexity index is 1000. The molecule has 2 aliphatic rings. The van der Waals surface area contributed by atoms with Crippen molar-refractivity contribution >= 4 is 40.9 Å². The number of benzene rings is 2. The minimum atomic E-state index is -0.201. The van der Waals surface area contributed by atoms with Crippen LogP contribution >= 0.6 is 23.2 Å². The fourth-order valence-corrected chi connectivity index (χ4v) is 4.80. The highest BCUT2D eigenvalue weighted by Gasteiger charge is 2.30. The van der Waals surface area contributed by atoms with Gasteiger partial charge in [-0.3, -0.25) is 4.79 Å². The molecule has 1 fully saturated rings. The lowest BCUT2D eigenvalue weighted by Crippen LogP contribution is -3.00. The van der Waals surface area contributed by atoms with Gasteiger partial charge in [0, 0.05) is 34.7 Å². The Morgan fingerprint density at radius 3 is 2.50 bits per heavy atom. The van der Waals surface area contributed by atoms with E-state index in [1.807, 2.05) is 12.1 Å². The molecule has 32 heavy (non-hydrogen) atoms. The van der Waals surface area contributed by atoms with Crippen LogP contribution in [0, 0.1) is 0 Å². The lowest BCUT2D eigenvalue weighted by Gasteiger charge is -2.40. The molecular weight excluding hydrogens is 562 g/mol. The molecule has 1 N–H and O–H groups in total. The molecule has 0 atom stereocenters. The summed E-state index contributed by atoms with van der Waals surface area (Å²) in [5.41, 5.74) is 3.22. The SMILES string of the molecule is C[N+](C)(Cc1ccc(NC(=O)C2=Cc3cc(Cl)cc(Cl)c3OC2)cc1)C1CCOCC1.[I-]. The van der Waals surface area contributed by atoms with Gasteiger partial charge in [-0.1, -0.05) is 35.3 Å². The lowest BCUT2D eigenvalue weighted by atomic mass is 10.0. The maximum absolute atomic E-state index is 12.7. The van der Waals surface area contributed by atoms with Crippen LogP contribution in [0.15, 0.2) is 42.0 Å². The monoisotopic (exact) mass is 588 g/mol. The molecule has 0 aromatic heterocycles. The second kappa shape index (κ2) is 10.7. The number of anilines is 1. The predicted molar refractivity (Wildman–Crippen MR) is 125 cm³/mol. The molecule has 0 unspecified atom stereocenters. The van der Waals surface area contributed by atoms with Crippen LogP contribution in [-0.4, -0.2) is 50.3 Å². The summed E-state index contributed by atoms with van der Waals surface area (Å²) in [6.45, 7) is 2.80. The molecule has 2 aromatic rings. The van der Waals surface area contributed by atoms with Gasteiger partial charge < -0.3 is 43.3 Å². The topological polar surface area (TPSA) is 47.6 Å². The number of carbonyl (C=O) groups is 1. The van der Waals surface area contributed by atoms with Crippen LogP contribution in [0.5, 0.6) is 5.75 Å². The Morgan fingerprint density at radius 2 is 1.81 bits per heavy atom. The van der Waals surface area contributed by atoms with Crippen molar-refractivity contribution in [1.82, 2.24) is 0 Å². The standard InChI is InChI=1S/C24H26Cl2N2O3.HI/c1-28(2,21-7-9-30-10-8-21)14-16-3-5-20(6-4-16)27-24(29)18-11-17-12-19(25)13-22(26)23(17)31-15-18;/h3-6,11-13,21H,7-10,14-15H2,1-2H3;1H. The van der Waals surface area contributed by atoms with Crippen LogP contribution in [0.2, 0.25) is 10.0 Å². The molecule has 0 radical (unpaired) electrons. The maximum Gasteiger partial charge on any atom is 0.255 e. The molecular formula is C24H27Cl2IN2O3. The van der Waals surface area contributed by atoms with Crippen LogP contribution in [0.25, 0.3) is 6.08 Å². The minimum Gasteiger partial charge on any atom is -1.00 e. The molecule has 0 bridgehead atoms. The summed E-state index contributed by atoms with van der Waals surface area (Å²) in [7, 11) is 4.55. The molecule has 2 aromatic carbocycles. The van der Waals surface area contributed by atoms with Crippen molar-refractivity contribution < 1.29 is 42.7 Å². The van der Waals surface area contributed by atoms with Crippen molar-refractivity contribution in [3.05, 3.63) is 63.1 Å². The molecule has 172 valence electrons. The van der Waals surface area contributed by atoms with Crippen molar-refractivity contribution in [2.75, 3.05) is 39.2 Å². The van der Waals surface area contributed by atoms with E-state index >= 15 is 0 Å². The first-order valence-corrected chi connectivity index (χ1v) is 11.2. The van der Waals surface area contributed by atoms with E-state index in [-0.39, 0.29) is 36.5 Å². The van der Waals surface area contributed by atoms with Gasteiger partial charge in [0.15, 0.2) is 0 Å². The van der Waals surface area contributed by atoms with E-state index in [4.69, 9.17) is 32.7 Å². The Balaban J connectivity index is 0.00000289. The molecule has 2 heterocycles. The third-order valence-corrected chi connectivity index (χ3v) is 6.51. The first-order chi connectivity index (χ1) is 14.8. The average Bonchev–Trinajstić information content (AvgIpc) is 2.75. The summed E-state index contributed by atoms with van der Waals surface area (Å²) >= 11 is 12.2. The van der Waals surface area contributed by atoms with E-state index in [9.17, 15) is 4.79 Å². The van der Waals surface area contributed by atoms with Gasteiger partial charge in [0.1, 0.15) is 18.9 Å². The third-order valence-electron chi connectivity index (χ3n) is 6.01. The quantitative estimate of drug-likeness (QED) is 0.430. The zero-order valence-corrected chi connectivity index (χ0v) is 21.8. The number of carbonyl (C=O) groups excluding carboxylic acids is 1. The number of hydrogen-bond acceptors (Lipinski definition) is 3. The summed E-state index contributed by atoms with van der Waals surface area (Å²) in [6, 6.07) is 12.0. The molecule has 1 amide bonds. The molecule has 2 aliphatic heterocycles. The van der Waals surface area contributed by atoms with Gasteiger partial charge >= 0.3 is 0 Å². The van der Waals surface area contributed by atoms with Crippen LogP contribution in [-0.2, 0) is 16.1 Å². The second-order valence-electron chi connectivity index (χ2n) is 8.70. The van der Waals surface area contributed by atoms with Crippen LogP contribution in [0.1, 0.15) is 24.0 Å². The van der Waals surface area contributed by atoms with E-state index in [1.54, 1.807) is 18.2 Å². The summed E-state index contributed by atoms with van der Waals surface area (Å²) in [5, 5.41) is 3.89. The van der Waals surface area contributed by atoms with E-state index in [0.717, 1.165) is 42.8 Å². The molecule has 0 saturated carbocycles. The van der Waals surface area contributed by atoms with E-state index in [2.05, 4.69) is 31.5 Å². The summed E-state index contributed by atoms with van der Waals surface area (Å²) < 4.78 is 12.1. The van der Waals surface area contributed by atoms with Crippen LogP contribution in [0.4, 0.5) is 5.69 Å². The number of amides is 1. The Labute approximate surface area is 216 Å². The van der Waals surface area contributed by atoms with E-state index in [1.165, 1.54) is 5.56 Å².